The zero-order valence-electron chi connectivity index (χ0n) is 15.6. The second kappa shape index (κ2) is 8.16. The third kappa shape index (κ3) is 4.42. The van der Waals surface area contributed by atoms with Crippen LogP contribution in [-0.2, 0) is 11.3 Å². The third-order valence-electron chi connectivity index (χ3n) is 4.88. The number of rotatable bonds is 6. The number of nitrogens with zero attached hydrogens (tertiary/aromatic N) is 3. The van der Waals surface area contributed by atoms with Crippen LogP contribution in [0.15, 0.2) is 36.4 Å². The summed E-state index contributed by atoms with van der Waals surface area (Å²) >= 11 is 0. The molecule has 2 aromatic rings. The van der Waals surface area contributed by atoms with Crippen LogP contribution in [0.25, 0.3) is 0 Å². The summed E-state index contributed by atoms with van der Waals surface area (Å²) in [6, 6.07) is 7.08. The molecular formula is C20H23N3O4. The van der Waals surface area contributed by atoms with E-state index in [1.807, 2.05) is 12.1 Å². The summed E-state index contributed by atoms with van der Waals surface area (Å²) in [5.74, 6) is 0.0814. The topological polar surface area (TPSA) is 87.3 Å². The molecule has 0 fully saturated rings. The molecule has 1 aromatic carbocycles. The molecule has 0 bridgehead atoms. The van der Waals surface area contributed by atoms with Crippen molar-refractivity contribution in [3.05, 3.63) is 69.0 Å². The summed E-state index contributed by atoms with van der Waals surface area (Å²) in [6.45, 7) is 4.16. The van der Waals surface area contributed by atoms with E-state index in [4.69, 9.17) is 4.74 Å². The molecular weight excluding hydrogens is 346 g/mol. The maximum Gasteiger partial charge on any atom is 0.338 e. The predicted octanol–water partition coefficient (Wildman–Crippen LogP) is 3.97. The first-order valence-corrected chi connectivity index (χ1v) is 9.05. The monoisotopic (exact) mass is 369 g/mol. The van der Waals surface area contributed by atoms with E-state index in [1.165, 1.54) is 0 Å². The number of nitro groups is 1. The predicted molar refractivity (Wildman–Crippen MR) is 101 cm³/mol. The SMILES string of the molecule is Cc1nn(Cc2ccc(C(=O)OCC3CC=CCC3)cc2)c(C)c1[N+](=O)[O-]. The molecule has 0 aliphatic heterocycles. The van der Waals surface area contributed by atoms with Gasteiger partial charge in [0.1, 0.15) is 11.4 Å². The number of aryl methyl sites for hydroxylation is 1. The zero-order chi connectivity index (χ0) is 19.4. The van der Waals surface area contributed by atoms with Gasteiger partial charge in [0.2, 0.25) is 0 Å². The van der Waals surface area contributed by atoms with E-state index in [0.717, 1.165) is 24.8 Å². The lowest BCUT2D eigenvalue weighted by Gasteiger charge is -2.17. The van der Waals surface area contributed by atoms with Crippen molar-refractivity contribution in [2.75, 3.05) is 6.61 Å². The lowest BCUT2D eigenvalue weighted by molar-refractivity contribution is -0.386. The maximum atomic E-state index is 12.2. The molecule has 0 amide bonds. The number of allylic oxidation sites excluding steroid dienone is 2. The molecule has 1 aromatic heterocycles. The minimum atomic E-state index is -0.407. The van der Waals surface area contributed by atoms with Gasteiger partial charge in [-0.3, -0.25) is 14.8 Å². The normalized spacial score (nSPS) is 16.3. The van der Waals surface area contributed by atoms with E-state index >= 15 is 0 Å². The number of carbonyl (C=O) groups excluding carboxylic acids is 1. The van der Waals surface area contributed by atoms with Gasteiger partial charge in [0.15, 0.2) is 0 Å². The number of ether oxygens (including phenoxy) is 1. The highest BCUT2D eigenvalue weighted by Crippen LogP contribution is 2.23. The number of aromatic nitrogens is 2. The molecule has 1 heterocycles. The Morgan fingerprint density at radius 1 is 1.30 bits per heavy atom. The first-order valence-electron chi connectivity index (χ1n) is 9.05. The second-order valence-electron chi connectivity index (χ2n) is 6.88. The van der Waals surface area contributed by atoms with Crippen LogP contribution in [-0.4, -0.2) is 27.3 Å². The summed E-state index contributed by atoms with van der Waals surface area (Å²) in [4.78, 5) is 22.9. The molecule has 142 valence electrons. The molecule has 1 aliphatic carbocycles. The quantitative estimate of drug-likeness (QED) is 0.333. The Balaban J connectivity index is 1.62. The zero-order valence-corrected chi connectivity index (χ0v) is 15.6. The molecule has 1 atom stereocenters. The maximum absolute atomic E-state index is 12.2. The first kappa shape index (κ1) is 18.8. The Kier molecular flexibility index (Phi) is 5.69. The van der Waals surface area contributed by atoms with Gasteiger partial charge in [0.05, 0.1) is 23.6 Å². The minimum Gasteiger partial charge on any atom is -0.462 e. The van der Waals surface area contributed by atoms with Crippen LogP contribution in [0.2, 0.25) is 0 Å². The molecule has 1 unspecified atom stereocenters. The van der Waals surface area contributed by atoms with E-state index in [0.29, 0.717) is 36.0 Å². The molecule has 0 radical (unpaired) electrons. The number of carbonyl (C=O) groups is 1. The summed E-state index contributed by atoms with van der Waals surface area (Å²) in [5.41, 5.74) is 2.37. The minimum absolute atomic E-state index is 0.0488. The first-order chi connectivity index (χ1) is 13.0. The molecule has 3 rings (SSSR count). The van der Waals surface area contributed by atoms with Crippen LogP contribution >= 0.6 is 0 Å². The van der Waals surface area contributed by atoms with Crippen molar-refractivity contribution in [3.63, 3.8) is 0 Å². The van der Waals surface area contributed by atoms with Gasteiger partial charge in [-0.2, -0.15) is 5.10 Å². The van der Waals surface area contributed by atoms with Crippen molar-refractivity contribution in [1.82, 2.24) is 9.78 Å². The molecule has 0 N–H and O–H groups in total. The van der Waals surface area contributed by atoms with Gasteiger partial charge in [0, 0.05) is 0 Å². The Morgan fingerprint density at radius 2 is 2.04 bits per heavy atom. The van der Waals surface area contributed by atoms with Crippen molar-refractivity contribution in [2.24, 2.45) is 5.92 Å². The molecule has 7 heteroatoms. The van der Waals surface area contributed by atoms with Gasteiger partial charge in [-0.25, -0.2) is 4.79 Å². The Morgan fingerprint density at radius 3 is 2.63 bits per heavy atom. The molecule has 0 spiro atoms. The highest BCUT2D eigenvalue weighted by Gasteiger charge is 2.21. The number of hydrogen-bond acceptors (Lipinski definition) is 5. The van der Waals surface area contributed by atoms with Gasteiger partial charge in [-0.15, -0.1) is 0 Å². The molecule has 0 saturated carbocycles. The van der Waals surface area contributed by atoms with E-state index in [1.54, 1.807) is 30.7 Å². The van der Waals surface area contributed by atoms with Crippen LogP contribution in [0, 0.1) is 29.9 Å². The largest absolute Gasteiger partial charge is 0.462 e. The van der Waals surface area contributed by atoms with Crippen LogP contribution < -0.4 is 0 Å². The van der Waals surface area contributed by atoms with E-state index in [2.05, 4.69) is 17.3 Å². The van der Waals surface area contributed by atoms with Gasteiger partial charge in [-0.05, 0) is 56.7 Å². The van der Waals surface area contributed by atoms with E-state index in [9.17, 15) is 14.9 Å². The van der Waals surface area contributed by atoms with Gasteiger partial charge < -0.3 is 4.74 Å². The second-order valence-corrected chi connectivity index (χ2v) is 6.88. The summed E-state index contributed by atoms with van der Waals surface area (Å²) < 4.78 is 7.03. The van der Waals surface area contributed by atoms with Gasteiger partial charge in [0.25, 0.3) is 0 Å². The fourth-order valence-corrected chi connectivity index (χ4v) is 3.31. The van der Waals surface area contributed by atoms with E-state index in [-0.39, 0.29) is 11.7 Å². The van der Waals surface area contributed by atoms with Crippen molar-refractivity contribution < 1.29 is 14.5 Å². The van der Waals surface area contributed by atoms with Gasteiger partial charge in [-0.1, -0.05) is 24.3 Å². The van der Waals surface area contributed by atoms with Crippen LogP contribution in [0.1, 0.15) is 46.6 Å². The smallest absolute Gasteiger partial charge is 0.338 e. The number of hydrogen-bond donors (Lipinski definition) is 0. The highest BCUT2D eigenvalue weighted by molar-refractivity contribution is 5.89. The molecule has 27 heavy (non-hydrogen) atoms. The highest BCUT2D eigenvalue weighted by atomic mass is 16.6. The third-order valence-corrected chi connectivity index (χ3v) is 4.88. The Bertz CT molecular complexity index is 868. The lowest BCUT2D eigenvalue weighted by atomic mass is 9.95. The fraction of sp³-hybridized carbons (Fsp3) is 0.400. The summed E-state index contributed by atoms with van der Waals surface area (Å²) in [6.07, 6.45) is 7.36. The van der Waals surface area contributed by atoms with Crippen molar-refractivity contribution >= 4 is 11.7 Å². The number of esters is 1. The average Bonchev–Trinajstić information content (AvgIpc) is 2.94. The van der Waals surface area contributed by atoms with Crippen LogP contribution in [0.4, 0.5) is 5.69 Å². The molecule has 1 aliphatic rings. The van der Waals surface area contributed by atoms with Crippen LogP contribution in [0.5, 0.6) is 0 Å². The van der Waals surface area contributed by atoms with E-state index < -0.39 is 4.92 Å². The van der Waals surface area contributed by atoms with Crippen molar-refractivity contribution in [3.8, 4) is 0 Å². The summed E-state index contributed by atoms with van der Waals surface area (Å²) in [7, 11) is 0. The molecule has 7 nitrogen and oxygen atoms in total. The Hall–Kier alpha value is -2.96. The number of benzene rings is 1. The Labute approximate surface area is 157 Å². The molecule has 0 saturated heterocycles. The lowest BCUT2D eigenvalue weighted by Crippen LogP contribution is -2.15. The summed E-state index contributed by atoms with van der Waals surface area (Å²) in [5, 5.41) is 15.3. The standard InChI is InChI=1S/C20H23N3O4/c1-14-19(23(25)26)15(2)22(21-14)12-16-8-10-18(11-9-16)20(24)27-13-17-6-4-3-5-7-17/h3-4,8-11,17H,5-7,12-13H2,1-2H3. The average molecular weight is 369 g/mol. The van der Waals surface area contributed by atoms with Gasteiger partial charge >= 0.3 is 11.7 Å². The van der Waals surface area contributed by atoms with Crippen LogP contribution in [0.3, 0.4) is 0 Å². The van der Waals surface area contributed by atoms with Crippen molar-refractivity contribution in [1.29, 1.82) is 0 Å². The fourth-order valence-electron chi connectivity index (χ4n) is 3.31. The van der Waals surface area contributed by atoms with Crippen molar-refractivity contribution in [2.45, 2.75) is 39.7 Å².